The van der Waals surface area contributed by atoms with Gasteiger partial charge in [-0.15, -0.1) is 11.6 Å². The van der Waals surface area contributed by atoms with Crippen LogP contribution >= 0.6 is 11.6 Å². The Labute approximate surface area is 88.1 Å². The summed E-state index contributed by atoms with van der Waals surface area (Å²) in [4.78, 5) is 0. The maximum absolute atomic E-state index is 6.26. The van der Waals surface area contributed by atoms with Crippen molar-refractivity contribution in [3.63, 3.8) is 0 Å². The summed E-state index contributed by atoms with van der Waals surface area (Å²) in [6.45, 7) is 9.34. The molecule has 78 valence electrons. The summed E-state index contributed by atoms with van der Waals surface area (Å²) in [7, 11) is 0. The van der Waals surface area contributed by atoms with Crippen LogP contribution in [0, 0.1) is 23.7 Å². The first-order chi connectivity index (χ1) is 6.02. The third-order valence-corrected chi connectivity index (χ3v) is 4.35. The van der Waals surface area contributed by atoms with E-state index in [0.717, 1.165) is 17.8 Å². The highest BCUT2D eigenvalue weighted by atomic mass is 35.5. The molecule has 4 atom stereocenters. The van der Waals surface area contributed by atoms with Gasteiger partial charge in [0.1, 0.15) is 0 Å². The maximum Gasteiger partial charge on any atom is 0.0364 e. The average molecular weight is 203 g/mol. The molecule has 13 heavy (non-hydrogen) atoms. The van der Waals surface area contributed by atoms with Crippen LogP contribution in [0.4, 0.5) is 0 Å². The van der Waals surface area contributed by atoms with Crippen molar-refractivity contribution >= 4 is 11.6 Å². The molecule has 1 aliphatic carbocycles. The standard InChI is InChI=1S/C12H23Cl/c1-8(2)7-11-5-6-12(13)10(4)9(11)3/h8-12H,5-7H2,1-4H3. The van der Waals surface area contributed by atoms with Gasteiger partial charge in [-0.05, 0) is 42.9 Å². The van der Waals surface area contributed by atoms with Gasteiger partial charge in [-0.25, -0.2) is 0 Å². The summed E-state index contributed by atoms with van der Waals surface area (Å²) in [5, 5.41) is 0.429. The van der Waals surface area contributed by atoms with Crippen molar-refractivity contribution in [2.75, 3.05) is 0 Å². The van der Waals surface area contributed by atoms with Crippen molar-refractivity contribution in [3.05, 3.63) is 0 Å². The van der Waals surface area contributed by atoms with Crippen LogP contribution < -0.4 is 0 Å². The Morgan fingerprint density at radius 1 is 1.15 bits per heavy atom. The Morgan fingerprint density at radius 3 is 2.31 bits per heavy atom. The van der Waals surface area contributed by atoms with E-state index in [9.17, 15) is 0 Å². The van der Waals surface area contributed by atoms with Gasteiger partial charge in [0.05, 0.1) is 0 Å². The molecule has 0 amide bonds. The Kier molecular flexibility index (Phi) is 4.09. The highest BCUT2D eigenvalue weighted by molar-refractivity contribution is 6.20. The van der Waals surface area contributed by atoms with Crippen molar-refractivity contribution < 1.29 is 0 Å². The van der Waals surface area contributed by atoms with Crippen LogP contribution in [0.25, 0.3) is 0 Å². The van der Waals surface area contributed by atoms with E-state index in [2.05, 4.69) is 27.7 Å². The average Bonchev–Trinajstić information content (AvgIpc) is 2.06. The topological polar surface area (TPSA) is 0 Å². The lowest BCUT2D eigenvalue weighted by molar-refractivity contribution is 0.163. The minimum absolute atomic E-state index is 0.429. The zero-order valence-corrected chi connectivity index (χ0v) is 10.1. The molecule has 0 radical (unpaired) electrons. The van der Waals surface area contributed by atoms with Crippen LogP contribution in [0.1, 0.15) is 47.0 Å². The molecule has 0 aromatic carbocycles. The fourth-order valence-corrected chi connectivity index (χ4v) is 2.95. The Bertz CT molecular complexity index is 153. The lowest BCUT2D eigenvalue weighted by Gasteiger charge is -2.38. The summed E-state index contributed by atoms with van der Waals surface area (Å²) in [6.07, 6.45) is 3.96. The number of halogens is 1. The second kappa shape index (κ2) is 4.68. The van der Waals surface area contributed by atoms with E-state index < -0.39 is 0 Å². The highest BCUT2D eigenvalue weighted by Crippen LogP contribution is 2.40. The Morgan fingerprint density at radius 2 is 1.77 bits per heavy atom. The van der Waals surface area contributed by atoms with Crippen molar-refractivity contribution in [1.82, 2.24) is 0 Å². The van der Waals surface area contributed by atoms with Gasteiger partial charge in [0.2, 0.25) is 0 Å². The second-order valence-electron chi connectivity index (χ2n) is 5.20. The van der Waals surface area contributed by atoms with Crippen molar-refractivity contribution in [2.24, 2.45) is 23.7 Å². The fourth-order valence-electron chi connectivity index (χ4n) is 2.60. The zero-order chi connectivity index (χ0) is 10.0. The smallest absolute Gasteiger partial charge is 0.0364 e. The molecule has 0 aromatic heterocycles. The fraction of sp³-hybridized carbons (Fsp3) is 1.00. The van der Waals surface area contributed by atoms with Crippen molar-refractivity contribution in [2.45, 2.75) is 52.3 Å². The Hall–Kier alpha value is 0.290. The molecule has 0 nitrogen and oxygen atoms in total. The summed E-state index contributed by atoms with van der Waals surface area (Å²) < 4.78 is 0. The van der Waals surface area contributed by atoms with E-state index >= 15 is 0 Å². The monoisotopic (exact) mass is 202 g/mol. The van der Waals surface area contributed by atoms with E-state index in [1.165, 1.54) is 19.3 Å². The molecule has 1 aliphatic rings. The summed E-state index contributed by atoms with van der Waals surface area (Å²) in [5.74, 6) is 3.29. The number of alkyl halides is 1. The molecule has 4 unspecified atom stereocenters. The minimum atomic E-state index is 0.429. The van der Waals surface area contributed by atoms with E-state index in [4.69, 9.17) is 11.6 Å². The van der Waals surface area contributed by atoms with Crippen LogP contribution in [0.2, 0.25) is 0 Å². The van der Waals surface area contributed by atoms with Gasteiger partial charge in [0.25, 0.3) is 0 Å². The molecule has 0 bridgehead atoms. The van der Waals surface area contributed by atoms with Crippen LogP contribution in [-0.4, -0.2) is 5.38 Å². The molecular formula is C12H23Cl. The first kappa shape index (κ1) is 11.4. The summed E-state index contributed by atoms with van der Waals surface area (Å²) >= 11 is 6.26. The largest absolute Gasteiger partial charge is 0.123 e. The van der Waals surface area contributed by atoms with Crippen LogP contribution in [0.5, 0.6) is 0 Å². The second-order valence-corrected chi connectivity index (χ2v) is 5.76. The molecule has 0 N–H and O–H groups in total. The van der Waals surface area contributed by atoms with E-state index in [-0.39, 0.29) is 0 Å². The first-order valence-corrected chi connectivity index (χ1v) is 6.10. The van der Waals surface area contributed by atoms with Crippen LogP contribution in [0.15, 0.2) is 0 Å². The van der Waals surface area contributed by atoms with E-state index in [1.54, 1.807) is 0 Å². The quantitative estimate of drug-likeness (QED) is 0.585. The molecule has 0 saturated heterocycles. The molecular weight excluding hydrogens is 180 g/mol. The molecule has 1 rings (SSSR count). The molecule has 1 fully saturated rings. The number of rotatable bonds is 2. The molecule has 0 spiro atoms. The molecule has 1 heteroatoms. The molecule has 1 saturated carbocycles. The number of hydrogen-bond donors (Lipinski definition) is 0. The normalized spacial score (nSPS) is 41.1. The first-order valence-electron chi connectivity index (χ1n) is 5.66. The van der Waals surface area contributed by atoms with Gasteiger partial charge in [-0.2, -0.15) is 0 Å². The molecule has 0 heterocycles. The van der Waals surface area contributed by atoms with Gasteiger partial charge in [-0.1, -0.05) is 27.7 Å². The Balaban J connectivity index is 2.48. The third kappa shape index (κ3) is 2.87. The minimum Gasteiger partial charge on any atom is -0.123 e. The third-order valence-electron chi connectivity index (χ3n) is 3.73. The van der Waals surface area contributed by atoms with Gasteiger partial charge in [0.15, 0.2) is 0 Å². The van der Waals surface area contributed by atoms with Gasteiger partial charge in [0, 0.05) is 5.38 Å². The highest BCUT2D eigenvalue weighted by Gasteiger charge is 2.32. The maximum atomic E-state index is 6.26. The van der Waals surface area contributed by atoms with Gasteiger partial charge < -0.3 is 0 Å². The van der Waals surface area contributed by atoms with E-state index in [0.29, 0.717) is 11.3 Å². The van der Waals surface area contributed by atoms with Crippen LogP contribution in [0.3, 0.4) is 0 Å². The van der Waals surface area contributed by atoms with Crippen LogP contribution in [-0.2, 0) is 0 Å². The lowest BCUT2D eigenvalue weighted by Crippen LogP contribution is -2.32. The zero-order valence-electron chi connectivity index (χ0n) is 9.39. The molecule has 0 aromatic rings. The SMILES string of the molecule is CC(C)CC1CCC(Cl)C(C)C1C. The van der Waals surface area contributed by atoms with Crippen molar-refractivity contribution in [1.29, 1.82) is 0 Å². The predicted octanol–water partition coefficient (Wildman–Crippen LogP) is 4.32. The van der Waals surface area contributed by atoms with Gasteiger partial charge in [-0.3, -0.25) is 0 Å². The van der Waals surface area contributed by atoms with E-state index in [1.807, 2.05) is 0 Å². The number of hydrogen-bond acceptors (Lipinski definition) is 0. The molecule has 0 aliphatic heterocycles. The summed E-state index contributed by atoms with van der Waals surface area (Å²) in [5.41, 5.74) is 0. The predicted molar refractivity (Wildman–Crippen MR) is 60.1 cm³/mol. The summed E-state index contributed by atoms with van der Waals surface area (Å²) in [6, 6.07) is 0. The lowest BCUT2D eigenvalue weighted by atomic mass is 9.71. The van der Waals surface area contributed by atoms with Crippen molar-refractivity contribution in [3.8, 4) is 0 Å². The van der Waals surface area contributed by atoms with Gasteiger partial charge >= 0.3 is 0 Å².